The maximum absolute atomic E-state index is 12.6. The lowest BCUT2D eigenvalue weighted by Crippen LogP contribution is -2.00. The molecule has 0 unspecified atom stereocenters. The number of benzene rings is 2. The zero-order valence-electron chi connectivity index (χ0n) is 9.80. The minimum atomic E-state index is -3.56. The van der Waals surface area contributed by atoms with Gasteiger partial charge in [-0.25, -0.2) is 8.42 Å². The van der Waals surface area contributed by atoms with Gasteiger partial charge >= 0.3 is 0 Å². The van der Waals surface area contributed by atoms with Crippen molar-refractivity contribution in [2.45, 2.75) is 9.79 Å². The molecule has 0 aliphatic carbocycles. The van der Waals surface area contributed by atoms with Crippen LogP contribution in [-0.4, -0.2) is 13.4 Å². The Morgan fingerprint density at radius 2 is 1.79 bits per heavy atom. The second-order valence-electron chi connectivity index (χ2n) is 4.16. The standard InChI is InChI=1S/C14H10ClNO2S/c15-10-4-3-5-11(8-10)19(17,18)14-9-16-13-7-2-1-6-12(13)14/h1-9,16H. The average molecular weight is 292 g/mol. The molecular formula is C14H10ClNO2S. The molecule has 19 heavy (non-hydrogen) atoms. The van der Waals surface area contributed by atoms with Crippen molar-refractivity contribution in [2.75, 3.05) is 0 Å². The Balaban J connectivity index is 2.26. The fraction of sp³-hybridized carbons (Fsp3) is 0. The predicted octanol–water partition coefficient (Wildman–Crippen LogP) is 3.65. The Morgan fingerprint density at radius 3 is 2.58 bits per heavy atom. The third-order valence-corrected chi connectivity index (χ3v) is 4.97. The van der Waals surface area contributed by atoms with Crippen molar-refractivity contribution in [3.8, 4) is 0 Å². The fourth-order valence-electron chi connectivity index (χ4n) is 2.03. The summed E-state index contributed by atoms with van der Waals surface area (Å²) in [5, 5.41) is 1.09. The molecule has 3 nitrogen and oxygen atoms in total. The Kier molecular flexibility index (Phi) is 2.84. The average Bonchev–Trinajstić information content (AvgIpc) is 2.83. The summed E-state index contributed by atoms with van der Waals surface area (Å²) in [5.74, 6) is 0. The summed E-state index contributed by atoms with van der Waals surface area (Å²) in [6, 6.07) is 13.6. The number of H-pyrrole nitrogens is 1. The molecule has 1 N–H and O–H groups in total. The zero-order valence-corrected chi connectivity index (χ0v) is 11.4. The van der Waals surface area contributed by atoms with Crippen LogP contribution in [0.1, 0.15) is 0 Å². The van der Waals surface area contributed by atoms with Gasteiger partial charge in [0.05, 0.1) is 9.79 Å². The summed E-state index contributed by atoms with van der Waals surface area (Å²) in [5.41, 5.74) is 0.795. The third kappa shape index (κ3) is 2.03. The molecule has 3 aromatic rings. The van der Waals surface area contributed by atoms with Gasteiger partial charge in [0.2, 0.25) is 9.84 Å². The van der Waals surface area contributed by atoms with Crippen LogP contribution in [0.4, 0.5) is 0 Å². The highest BCUT2D eigenvalue weighted by Crippen LogP contribution is 2.29. The maximum atomic E-state index is 12.6. The van der Waals surface area contributed by atoms with E-state index < -0.39 is 9.84 Å². The second kappa shape index (κ2) is 4.40. The van der Waals surface area contributed by atoms with Crippen LogP contribution in [-0.2, 0) is 9.84 Å². The van der Waals surface area contributed by atoms with Gasteiger partial charge in [-0.05, 0) is 24.3 Å². The van der Waals surface area contributed by atoms with Crippen LogP contribution < -0.4 is 0 Å². The molecule has 1 aromatic heterocycles. The Hall–Kier alpha value is -1.78. The van der Waals surface area contributed by atoms with Gasteiger partial charge < -0.3 is 4.98 Å². The van der Waals surface area contributed by atoms with E-state index in [1.165, 1.54) is 12.3 Å². The van der Waals surface area contributed by atoms with E-state index in [1.54, 1.807) is 24.3 Å². The Labute approximate surface area is 115 Å². The molecule has 0 aliphatic rings. The SMILES string of the molecule is O=S(=O)(c1cccc(Cl)c1)c1c[nH]c2ccccc12. The Bertz CT molecular complexity index is 853. The number of halogens is 1. The number of sulfone groups is 1. The number of fused-ring (bicyclic) bond motifs is 1. The third-order valence-electron chi connectivity index (χ3n) is 2.95. The lowest BCUT2D eigenvalue weighted by Gasteiger charge is -2.03. The molecule has 96 valence electrons. The molecule has 1 heterocycles. The number of nitrogens with one attached hydrogen (secondary N) is 1. The van der Waals surface area contributed by atoms with Gasteiger partial charge in [-0.3, -0.25) is 0 Å². The van der Waals surface area contributed by atoms with E-state index >= 15 is 0 Å². The van der Waals surface area contributed by atoms with E-state index in [1.807, 2.05) is 18.2 Å². The summed E-state index contributed by atoms with van der Waals surface area (Å²) in [6.07, 6.45) is 1.51. The molecule has 0 saturated heterocycles. The normalized spacial score (nSPS) is 11.8. The van der Waals surface area contributed by atoms with Crippen LogP contribution in [0.15, 0.2) is 64.5 Å². The highest BCUT2D eigenvalue weighted by atomic mass is 35.5. The quantitative estimate of drug-likeness (QED) is 0.783. The van der Waals surface area contributed by atoms with Gasteiger partial charge in [0.15, 0.2) is 0 Å². The number of hydrogen-bond acceptors (Lipinski definition) is 2. The molecule has 0 fully saturated rings. The number of para-hydroxylation sites is 1. The number of aromatic nitrogens is 1. The van der Waals surface area contributed by atoms with Crippen LogP contribution in [0.25, 0.3) is 10.9 Å². The topological polar surface area (TPSA) is 49.9 Å². The first-order valence-corrected chi connectivity index (χ1v) is 7.52. The molecule has 0 atom stereocenters. The largest absolute Gasteiger partial charge is 0.360 e. The molecule has 5 heteroatoms. The van der Waals surface area contributed by atoms with Gasteiger partial charge in [-0.2, -0.15) is 0 Å². The smallest absolute Gasteiger partial charge is 0.208 e. The lowest BCUT2D eigenvalue weighted by atomic mass is 10.2. The van der Waals surface area contributed by atoms with Gasteiger partial charge in [-0.1, -0.05) is 35.9 Å². The van der Waals surface area contributed by atoms with Crippen molar-refractivity contribution in [1.29, 1.82) is 0 Å². The number of rotatable bonds is 2. The van der Waals surface area contributed by atoms with Crippen molar-refractivity contribution in [3.63, 3.8) is 0 Å². The summed E-state index contributed by atoms with van der Waals surface area (Å²) < 4.78 is 25.2. The van der Waals surface area contributed by atoms with Crippen molar-refractivity contribution >= 4 is 32.3 Å². The van der Waals surface area contributed by atoms with Crippen LogP contribution in [0, 0.1) is 0 Å². The first-order chi connectivity index (χ1) is 9.09. The monoisotopic (exact) mass is 291 g/mol. The molecule has 0 bridgehead atoms. The minimum absolute atomic E-state index is 0.199. The number of hydrogen-bond donors (Lipinski definition) is 1. The van der Waals surface area contributed by atoms with Gasteiger partial charge in [0, 0.05) is 22.1 Å². The maximum Gasteiger partial charge on any atom is 0.208 e. The fourth-order valence-corrected chi connectivity index (χ4v) is 3.76. The minimum Gasteiger partial charge on any atom is -0.360 e. The first-order valence-electron chi connectivity index (χ1n) is 5.66. The zero-order chi connectivity index (χ0) is 13.5. The van der Waals surface area contributed by atoms with Crippen LogP contribution in [0.5, 0.6) is 0 Å². The van der Waals surface area contributed by atoms with E-state index in [4.69, 9.17) is 11.6 Å². The highest BCUT2D eigenvalue weighted by molar-refractivity contribution is 7.91. The summed E-state index contributed by atoms with van der Waals surface area (Å²) in [7, 11) is -3.56. The van der Waals surface area contributed by atoms with Crippen molar-refractivity contribution in [1.82, 2.24) is 4.98 Å². The van der Waals surface area contributed by atoms with Crippen LogP contribution in [0.2, 0.25) is 5.02 Å². The molecule has 0 aliphatic heterocycles. The lowest BCUT2D eigenvalue weighted by molar-refractivity contribution is 0.597. The van der Waals surface area contributed by atoms with Gasteiger partial charge in [-0.15, -0.1) is 0 Å². The molecule has 3 rings (SSSR count). The van der Waals surface area contributed by atoms with Crippen molar-refractivity contribution in [2.24, 2.45) is 0 Å². The van der Waals surface area contributed by atoms with E-state index in [9.17, 15) is 8.42 Å². The summed E-state index contributed by atoms with van der Waals surface area (Å²) in [6.45, 7) is 0. The predicted molar refractivity (Wildman–Crippen MR) is 75.2 cm³/mol. The van der Waals surface area contributed by atoms with E-state index in [0.29, 0.717) is 10.4 Å². The molecule has 0 saturated carbocycles. The molecule has 0 spiro atoms. The van der Waals surface area contributed by atoms with Gasteiger partial charge in [0.1, 0.15) is 0 Å². The molecule has 0 amide bonds. The second-order valence-corrected chi connectivity index (χ2v) is 6.51. The molecular weight excluding hydrogens is 282 g/mol. The van der Waals surface area contributed by atoms with Crippen molar-refractivity contribution in [3.05, 3.63) is 59.8 Å². The van der Waals surface area contributed by atoms with Crippen LogP contribution in [0.3, 0.4) is 0 Å². The Morgan fingerprint density at radius 1 is 1.00 bits per heavy atom. The molecule has 0 radical (unpaired) electrons. The van der Waals surface area contributed by atoms with Crippen LogP contribution >= 0.6 is 11.6 Å². The van der Waals surface area contributed by atoms with E-state index in [-0.39, 0.29) is 9.79 Å². The number of aromatic amines is 1. The van der Waals surface area contributed by atoms with Crippen molar-refractivity contribution < 1.29 is 8.42 Å². The van der Waals surface area contributed by atoms with E-state index in [0.717, 1.165) is 5.52 Å². The van der Waals surface area contributed by atoms with E-state index in [2.05, 4.69) is 4.98 Å². The summed E-state index contributed by atoms with van der Waals surface area (Å²) >= 11 is 5.86. The highest BCUT2D eigenvalue weighted by Gasteiger charge is 2.21. The van der Waals surface area contributed by atoms with Gasteiger partial charge in [0.25, 0.3) is 0 Å². The summed E-state index contributed by atoms with van der Waals surface area (Å²) in [4.78, 5) is 3.43. The molecule has 2 aromatic carbocycles. The first kappa shape index (κ1) is 12.3.